The van der Waals surface area contributed by atoms with E-state index in [1.165, 1.54) is 37.3 Å². The van der Waals surface area contributed by atoms with Gasteiger partial charge in [-0.25, -0.2) is 0 Å². The number of benzene rings is 1. The van der Waals surface area contributed by atoms with E-state index in [1.807, 2.05) is 12.1 Å². The number of nitrogens with one attached hydrogen (secondary N) is 1. The molecule has 5 nitrogen and oxygen atoms in total. The highest BCUT2D eigenvalue weighted by Gasteiger charge is 2.25. The van der Waals surface area contributed by atoms with Crippen LogP contribution in [0.4, 0.5) is 0 Å². The minimum atomic E-state index is -0.557. The number of carbonyl (C=O) groups excluding carboxylic acids is 2. The molecule has 0 saturated carbocycles. The summed E-state index contributed by atoms with van der Waals surface area (Å²) in [6.45, 7) is 8.74. The molecule has 1 atom stereocenters. The van der Waals surface area contributed by atoms with Gasteiger partial charge in [-0.2, -0.15) is 0 Å². The molecule has 1 amide bonds. The van der Waals surface area contributed by atoms with E-state index in [0.29, 0.717) is 19.2 Å². The molecule has 144 valence electrons. The molecule has 1 aromatic rings. The molecule has 1 N–H and O–H groups in total. The van der Waals surface area contributed by atoms with Crippen molar-refractivity contribution in [3.63, 3.8) is 0 Å². The van der Waals surface area contributed by atoms with Gasteiger partial charge in [-0.3, -0.25) is 9.59 Å². The van der Waals surface area contributed by atoms with Crippen LogP contribution in [0.5, 0.6) is 5.75 Å². The van der Waals surface area contributed by atoms with Crippen molar-refractivity contribution in [1.82, 2.24) is 10.2 Å². The lowest BCUT2D eigenvalue weighted by Crippen LogP contribution is -2.40. The van der Waals surface area contributed by atoms with Crippen LogP contribution < -0.4 is 10.1 Å². The molecule has 0 radical (unpaired) electrons. The highest BCUT2D eigenvalue weighted by molar-refractivity contribution is 6.35. The second-order valence-electron chi connectivity index (χ2n) is 6.99. The van der Waals surface area contributed by atoms with E-state index in [0.717, 1.165) is 31.7 Å². The summed E-state index contributed by atoms with van der Waals surface area (Å²) in [6, 6.07) is 6.82. The van der Waals surface area contributed by atoms with Crippen molar-refractivity contribution >= 4 is 11.7 Å². The van der Waals surface area contributed by atoms with Crippen LogP contribution in [0.2, 0.25) is 0 Å². The van der Waals surface area contributed by atoms with Gasteiger partial charge >= 0.3 is 0 Å². The third-order valence-corrected chi connectivity index (χ3v) is 4.92. The molecule has 1 aliphatic carbocycles. The Balaban J connectivity index is 1.99. The molecule has 0 spiro atoms. The molecule has 0 aliphatic heterocycles. The Bertz CT molecular complexity index is 609. The average Bonchev–Trinajstić information content (AvgIpc) is 2.64. The number of amides is 1. The fourth-order valence-electron chi connectivity index (χ4n) is 3.69. The second-order valence-corrected chi connectivity index (χ2v) is 6.99. The van der Waals surface area contributed by atoms with E-state index in [1.54, 1.807) is 0 Å². The summed E-state index contributed by atoms with van der Waals surface area (Å²) in [5, 5.41) is 2.57. The number of rotatable bonds is 10. The van der Waals surface area contributed by atoms with E-state index in [4.69, 9.17) is 4.74 Å². The first-order chi connectivity index (χ1) is 12.6. The summed E-state index contributed by atoms with van der Waals surface area (Å²) in [5.74, 6) is -0.118. The summed E-state index contributed by atoms with van der Waals surface area (Å²) in [4.78, 5) is 24.9. The number of ether oxygens (including phenoxy) is 1. The van der Waals surface area contributed by atoms with E-state index < -0.39 is 11.7 Å². The van der Waals surface area contributed by atoms with Crippen LogP contribution in [0.15, 0.2) is 18.2 Å². The molecule has 0 heterocycles. The first-order valence-corrected chi connectivity index (χ1v) is 9.83. The number of aryl methyl sites for hydroxylation is 1. The largest absolute Gasteiger partial charge is 0.491 e. The molecule has 0 fully saturated rings. The van der Waals surface area contributed by atoms with Gasteiger partial charge in [-0.1, -0.05) is 26.0 Å². The van der Waals surface area contributed by atoms with Crippen LogP contribution >= 0.6 is 0 Å². The van der Waals surface area contributed by atoms with Gasteiger partial charge in [0, 0.05) is 13.0 Å². The van der Waals surface area contributed by atoms with Gasteiger partial charge in [0.2, 0.25) is 5.78 Å². The van der Waals surface area contributed by atoms with Gasteiger partial charge < -0.3 is 15.0 Å². The molecule has 0 saturated heterocycles. The summed E-state index contributed by atoms with van der Waals surface area (Å²) >= 11 is 0. The Hall–Kier alpha value is -1.88. The molecule has 2 rings (SSSR count). The highest BCUT2D eigenvalue weighted by Crippen LogP contribution is 2.31. The Morgan fingerprint density at radius 3 is 2.62 bits per heavy atom. The maximum absolute atomic E-state index is 11.3. The highest BCUT2D eigenvalue weighted by atomic mass is 16.5. The minimum absolute atomic E-state index is 0.337. The molecule has 26 heavy (non-hydrogen) atoms. The van der Waals surface area contributed by atoms with Crippen LogP contribution in [0.3, 0.4) is 0 Å². The monoisotopic (exact) mass is 360 g/mol. The number of Topliss-reactive ketones (excluding diaryl/α,β-unsaturated/α-hetero) is 1. The van der Waals surface area contributed by atoms with Gasteiger partial charge in [-0.05, 0) is 62.4 Å². The van der Waals surface area contributed by atoms with E-state index >= 15 is 0 Å². The van der Waals surface area contributed by atoms with Crippen molar-refractivity contribution in [3.8, 4) is 5.75 Å². The topological polar surface area (TPSA) is 58.6 Å². The zero-order chi connectivity index (χ0) is 18.9. The van der Waals surface area contributed by atoms with Crippen LogP contribution in [0.25, 0.3) is 0 Å². The summed E-state index contributed by atoms with van der Waals surface area (Å²) < 4.78 is 5.94. The van der Waals surface area contributed by atoms with Gasteiger partial charge in [0.15, 0.2) is 0 Å². The lowest BCUT2D eigenvalue weighted by Gasteiger charge is -2.35. The number of hydrogen-bond donors (Lipinski definition) is 1. The third kappa shape index (κ3) is 5.56. The van der Waals surface area contributed by atoms with Gasteiger partial charge in [-0.15, -0.1) is 0 Å². The zero-order valence-electron chi connectivity index (χ0n) is 16.3. The number of hydrogen-bond acceptors (Lipinski definition) is 4. The van der Waals surface area contributed by atoms with Crippen molar-refractivity contribution in [3.05, 3.63) is 29.3 Å². The zero-order valence-corrected chi connectivity index (χ0v) is 16.3. The Labute approximate surface area is 157 Å². The fourth-order valence-corrected chi connectivity index (χ4v) is 3.69. The fraction of sp³-hybridized carbons (Fsp3) is 0.619. The first kappa shape index (κ1) is 20.4. The van der Waals surface area contributed by atoms with Crippen molar-refractivity contribution in [2.24, 2.45) is 0 Å². The predicted molar refractivity (Wildman–Crippen MR) is 104 cm³/mol. The summed E-state index contributed by atoms with van der Waals surface area (Å²) in [7, 11) is 0. The lowest BCUT2D eigenvalue weighted by molar-refractivity contribution is -0.136. The van der Waals surface area contributed by atoms with Crippen LogP contribution in [-0.4, -0.2) is 48.9 Å². The third-order valence-electron chi connectivity index (χ3n) is 4.92. The molecule has 1 unspecified atom stereocenters. The standard InChI is InChI=1S/C21H32N2O3/c1-4-12-23(13-5-2)18-10-9-17-7-6-8-20(19(17)15-18)26-14-11-22-21(25)16(3)24/h6-8,18H,4-5,9-15H2,1-3H3,(H,22,25). The molecule has 0 bridgehead atoms. The van der Waals surface area contributed by atoms with E-state index in [9.17, 15) is 9.59 Å². The molecular weight excluding hydrogens is 328 g/mol. The van der Waals surface area contributed by atoms with Crippen molar-refractivity contribution in [1.29, 1.82) is 0 Å². The number of nitrogens with zero attached hydrogens (tertiary/aromatic N) is 1. The minimum Gasteiger partial charge on any atom is -0.491 e. The quantitative estimate of drug-likeness (QED) is 0.515. The number of ketones is 1. The summed E-state index contributed by atoms with van der Waals surface area (Å²) in [6.07, 6.45) is 5.66. The second kappa shape index (κ2) is 10.3. The molecule has 0 aromatic heterocycles. The normalized spacial score (nSPS) is 16.2. The maximum Gasteiger partial charge on any atom is 0.287 e. The summed E-state index contributed by atoms with van der Waals surface area (Å²) in [5.41, 5.74) is 2.68. The molecular formula is C21H32N2O3. The average molecular weight is 360 g/mol. The lowest BCUT2D eigenvalue weighted by atomic mass is 9.86. The maximum atomic E-state index is 11.3. The number of carbonyl (C=O) groups is 2. The Morgan fingerprint density at radius 2 is 1.96 bits per heavy atom. The predicted octanol–water partition coefficient (Wildman–Crippen LogP) is 2.75. The van der Waals surface area contributed by atoms with Crippen LogP contribution in [-0.2, 0) is 22.4 Å². The first-order valence-electron chi connectivity index (χ1n) is 9.83. The molecule has 1 aromatic carbocycles. The smallest absolute Gasteiger partial charge is 0.287 e. The van der Waals surface area contributed by atoms with Crippen LogP contribution in [0, 0.1) is 0 Å². The van der Waals surface area contributed by atoms with Crippen molar-refractivity contribution < 1.29 is 14.3 Å². The SMILES string of the molecule is CCCN(CCC)C1CCc2cccc(OCCNC(=O)C(C)=O)c2C1. The van der Waals surface area contributed by atoms with Crippen molar-refractivity contribution in [2.45, 2.75) is 58.9 Å². The van der Waals surface area contributed by atoms with Crippen molar-refractivity contribution in [2.75, 3.05) is 26.2 Å². The Morgan fingerprint density at radius 1 is 1.23 bits per heavy atom. The van der Waals surface area contributed by atoms with Gasteiger partial charge in [0.1, 0.15) is 12.4 Å². The van der Waals surface area contributed by atoms with E-state index in [-0.39, 0.29) is 0 Å². The van der Waals surface area contributed by atoms with Gasteiger partial charge in [0.05, 0.1) is 6.54 Å². The number of fused-ring (bicyclic) bond motifs is 1. The van der Waals surface area contributed by atoms with Crippen LogP contribution in [0.1, 0.15) is 51.2 Å². The van der Waals surface area contributed by atoms with E-state index in [2.05, 4.69) is 30.1 Å². The molecule has 1 aliphatic rings. The Kier molecular flexibility index (Phi) is 8.10. The van der Waals surface area contributed by atoms with Gasteiger partial charge in [0.25, 0.3) is 5.91 Å². The molecule has 5 heteroatoms.